The van der Waals surface area contributed by atoms with Crippen LogP contribution in [0.3, 0.4) is 0 Å². The van der Waals surface area contributed by atoms with Crippen LogP contribution >= 0.6 is 31.9 Å². The van der Waals surface area contributed by atoms with E-state index in [0.717, 1.165) is 43.5 Å². The van der Waals surface area contributed by atoms with Crippen molar-refractivity contribution in [2.45, 2.75) is 18.9 Å². The molecule has 3 aliphatic rings. The number of carboxylic acid groups (broad SMARTS) is 2. The van der Waals surface area contributed by atoms with Crippen molar-refractivity contribution < 1.29 is 29.0 Å². The number of nitrogens with zero attached hydrogens (tertiary/aromatic N) is 2. The average Bonchev–Trinajstić information content (AvgIpc) is 2.78. The minimum atomic E-state index is -1.26. The number of carboxylic acids is 2. The highest BCUT2D eigenvalue weighted by Gasteiger charge is 2.33. The molecule has 0 spiro atoms. The third kappa shape index (κ3) is 5.68. The van der Waals surface area contributed by atoms with Crippen molar-refractivity contribution in [2.24, 2.45) is 0 Å². The van der Waals surface area contributed by atoms with Crippen molar-refractivity contribution in [2.75, 3.05) is 26.2 Å². The highest BCUT2D eigenvalue weighted by molar-refractivity contribution is 9.13. The number of halogens is 2. The first-order valence-electron chi connectivity index (χ1n) is 7.90. The predicted octanol–water partition coefficient (Wildman–Crippen LogP) is 2.44. The van der Waals surface area contributed by atoms with Crippen LogP contribution in [-0.4, -0.2) is 70.1 Å². The maximum atomic E-state index is 12.5. The van der Waals surface area contributed by atoms with Crippen LogP contribution in [0.25, 0.3) is 0 Å². The lowest BCUT2D eigenvalue weighted by atomic mass is 10.1. The maximum Gasteiger partial charge on any atom is 0.328 e. The molecule has 2 bridgehead atoms. The molecule has 8 nitrogen and oxygen atoms in total. The van der Waals surface area contributed by atoms with Gasteiger partial charge in [-0.25, -0.2) is 9.59 Å². The van der Waals surface area contributed by atoms with Gasteiger partial charge in [0, 0.05) is 50.4 Å². The molecule has 3 saturated heterocycles. The highest BCUT2D eigenvalue weighted by Crippen LogP contribution is 2.29. The number of hydrogen-bond acceptors (Lipinski definition) is 5. The van der Waals surface area contributed by atoms with Gasteiger partial charge in [0.05, 0.1) is 4.47 Å². The van der Waals surface area contributed by atoms with Crippen molar-refractivity contribution in [3.63, 3.8) is 0 Å². The van der Waals surface area contributed by atoms with E-state index < -0.39 is 11.9 Å². The number of piperidine rings is 1. The molecule has 1 aromatic heterocycles. The Hall–Kier alpha value is -1.65. The molecule has 0 aliphatic carbocycles. The van der Waals surface area contributed by atoms with Gasteiger partial charge in [0.1, 0.15) is 0 Å². The predicted molar refractivity (Wildman–Crippen MR) is 99.0 cm³/mol. The van der Waals surface area contributed by atoms with Gasteiger partial charge in [-0.1, -0.05) is 0 Å². The Morgan fingerprint density at radius 3 is 2.08 bits per heavy atom. The Balaban J connectivity index is 0.000000260. The number of furan rings is 1. The van der Waals surface area contributed by atoms with Crippen molar-refractivity contribution >= 4 is 49.7 Å². The summed E-state index contributed by atoms with van der Waals surface area (Å²) in [6, 6.07) is 2.11. The van der Waals surface area contributed by atoms with Gasteiger partial charge in [-0.05, 0) is 44.7 Å². The van der Waals surface area contributed by atoms with E-state index in [0.29, 0.717) is 28.6 Å². The summed E-state index contributed by atoms with van der Waals surface area (Å²) in [7, 11) is 0. The zero-order chi connectivity index (χ0) is 19.3. The van der Waals surface area contributed by atoms with Gasteiger partial charge in [-0.2, -0.15) is 0 Å². The number of carbonyl (C=O) groups excluding carboxylic acids is 1. The van der Waals surface area contributed by atoms with Crippen LogP contribution in [0.4, 0.5) is 0 Å². The van der Waals surface area contributed by atoms with Gasteiger partial charge < -0.3 is 24.4 Å². The molecule has 0 atom stereocenters. The Morgan fingerprint density at radius 1 is 1.04 bits per heavy atom. The summed E-state index contributed by atoms with van der Waals surface area (Å²) in [5, 5.41) is 15.6. The number of amides is 1. The second-order valence-corrected chi connectivity index (χ2v) is 7.39. The van der Waals surface area contributed by atoms with Crippen molar-refractivity contribution in [1.29, 1.82) is 0 Å². The number of fused-ring (bicyclic) bond motifs is 4. The van der Waals surface area contributed by atoms with Crippen molar-refractivity contribution in [1.82, 2.24) is 9.80 Å². The first kappa shape index (κ1) is 20.7. The van der Waals surface area contributed by atoms with Crippen LogP contribution in [0.2, 0.25) is 0 Å². The Kier molecular flexibility index (Phi) is 7.42. The average molecular weight is 494 g/mol. The van der Waals surface area contributed by atoms with Gasteiger partial charge in [0.15, 0.2) is 10.4 Å². The molecule has 142 valence electrons. The standard InChI is InChI=1S/C12H14Br2N2O2.C4H4O4/c13-9-7-10(18-11(9)14)12(17)16-6-5-15-3-1-8(16)2-4-15;5-3(6)1-2-4(7)8/h7-8H,1-6H2;1-2H,(H,5,6)(H,7,8)/b;2-1+. The van der Waals surface area contributed by atoms with E-state index in [4.69, 9.17) is 14.6 Å². The van der Waals surface area contributed by atoms with Gasteiger partial charge in [-0.3, -0.25) is 4.79 Å². The zero-order valence-electron chi connectivity index (χ0n) is 13.7. The van der Waals surface area contributed by atoms with Gasteiger partial charge in [0.2, 0.25) is 0 Å². The smallest absolute Gasteiger partial charge is 0.328 e. The van der Waals surface area contributed by atoms with Crippen LogP contribution in [0, 0.1) is 0 Å². The third-order valence-electron chi connectivity index (χ3n) is 4.14. The fourth-order valence-electron chi connectivity index (χ4n) is 2.89. The van der Waals surface area contributed by atoms with Crippen LogP contribution in [0.5, 0.6) is 0 Å². The van der Waals surface area contributed by atoms with Crippen LogP contribution in [0.15, 0.2) is 31.8 Å². The van der Waals surface area contributed by atoms with Crippen molar-refractivity contribution in [3.8, 4) is 0 Å². The van der Waals surface area contributed by atoms with Gasteiger partial charge >= 0.3 is 11.9 Å². The number of rotatable bonds is 3. The van der Waals surface area contributed by atoms with Crippen LogP contribution < -0.4 is 0 Å². The summed E-state index contributed by atoms with van der Waals surface area (Å²) >= 11 is 6.62. The fraction of sp³-hybridized carbons (Fsp3) is 0.438. The largest absolute Gasteiger partial charge is 0.478 e. The van der Waals surface area contributed by atoms with E-state index >= 15 is 0 Å². The lowest BCUT2D eigenvalue weighted by Gasteiger charge is -2.30. The molecule has 0 unspecified atom stereocenters. The first-order chi connectivity index (χ1) is 12.3. The first-order valence-corrected chi connectivity index (χ1v) is 9.48. The summed E-state index contributed by atoms with van der Waals surface area (Å²) in [5.41, 5.74) is 0. The molecule has 0 aromatic carbocycles. The maximum absolute atomic E-state index is 12.5. The minimum Gasteiger partial charge on any atom is -0.478 e. The lowest BCUT2D eigenvalue weighted by Crippen LogP contribution is -2.41. The SMILES string of the molecule is O=C(O)/C=C/C(=O)O.O=C(c1cc(Br)c(Br)o1)N1CCN2CCC1CC2. The second-order valence-electron chi connectivity index (χ2n) is 5.81. The molecule has 1 aromatic rings. The molecular weight excluding hydrogens is 476 g/mol. The normalized spacial score (nSPS) is 21.8. The summed E-state index contributed by atoms with van der Waals surface area (Å²) in [5.74, 6) is -2.09. The molecule has 2 N–H and O–H groups in total. The van der Waals surface area contributed by atoms with E-state index in [1.165, 1.54) is 0 Å². The van der Waals surface area contributed by atoms with E-state index in [1.807, 2.05) is 4.90 Å². The van der Waals surface area contributed by atoms with E-state index in [9.17, 15) is 14.4 Å². The molecule has 4 rings (SSSR count). The van der Waals surface area contributed by atoms with Crippen LogP contribution in [-0.2, 0) is 9.59 Å². The fourth-order valence-corrected chi connectivity index (χ4v) is 3.47. The zero-order valence-corrected chi connectivity index (χ0v) is 16.9. The summed E-state index contributed by atoms with van der Waals surface area (Å²) in [4.78, 5) is 36.0. The number of aliphatic carboxylic acids is 2. The summed E-state index contributed by atoms with van der Waals surface area (Å²) in [6.07, 6.45) is 3.27. The number of carbonyl (C=O) groups is 3. The minimum absolute atomic E-state index is 0.00940. The van der Waals surface area contributed by atoms with E-state index in [1.54, 1.807) is 6.07 Å². The molecule has 3 aliphatic heterocycles. The molecule has 0 radical (unpaired) electrons. The molecule has 26 heavy (non-hydrogen) atoms. The quantitative estimate of drug-likeness (QED) is 0.622. The molecule has 3 fully saturated rings. The Bertz CT molecular complexity index is 674. The van der Waals surface area contributed by atoms with E-state index in [-0.39, 0.29) is 5.91 Å². The molecular formula is C16H18Br2N2O6. The molecule has 10 heteroatoms. The Labute approximate surface area is 166 Å². The lowest BCUT2D eigenvalue weighted by molar-refractivity contribution is -0.134. The number of hydrogen-bond donors (Lipinski definition) is 2. The highest BCUT2D eigenvalue weighted by atomic mass is 79.9. The van der Waals surface area contributed by atoms with Crippen molar-refractivity contribution in [3.05, 3.63) is 33.1 Å². The molecule has 0 saturated carbocycles. The molecule has 4 heterocycles. The van der Waals surface area contributed by atoms with Gasteiger partial charge in [-0.15, -0.1) is 0 Å². The third-order valence-corrected chi connectivity index (χ3v) is 5.85. The van der Waals surface area contributed by atoms with Gasteiger partial charge in [0.25, 0.3) is 5.91 Å². The summed E-state index contributed by atoms with van der Waals surface area (Å²) in [6.45, 7) is 4.00. The van der Waals surface area contributed by atoms with Crippen LogP contribution in [0.1, 0.15) is 23.4 Å². The summed E-state index contributed by atoms with van der Waals surface area (Å²) < 4.78 is 6.80. The molecule has 1 amide bonds. The Morgan fingerprint density at radius 2 is 1.62 bits per heavy atom. The monoisotopic (exact) mass is 492 g/mol. The topological polar surface area (TPSA) is 111 Å². The van der Waals surface area contributed by atoms with E-state index in [2.05, 4.69) is 36.8 Å². The second kappa shape index (κ2) is 9.33.